The first-order chi connectivity index (χ1) is 10.2. The number of nitrogen functional groups attached to an aromatic ring is 1. The van der Waals surface area contributed by atoms with E-state index in [1.165, 1.54) is 17.5 Å². The second-order valence-electron chi connectivity index (χ2n) is 4.23. The highest BCUT2D eigenvalue weighted by atomic mass is 32.1. The summed E-state index contributed by atoms with van der Waals surface area (Å²) in [5.41, 5.74) is 6.10. The standard InChI is InChI=1S/C14H12N4O2S/c15-12-10(14(19)17-7-9-3-1-5-20-9)8-16-13(18-12)11-4-2-6-21-11/h1-6,8H,7H2,(H,17,19)(H2,15,16,18). The number of nitrogens with two attached hydrogens (primary N) is 1. The van der Waals surface area contributed by atoms with Gasteiger partial charge in [-0.25, -0.2) is 9.97 Å². The Bertz CT molecular complexity index is 738. The van der Waals surface area contributed by atoms with Gasteiger partial charge in [0.2, 0.25) is 0 Å². The molecule has 0 saturated carbocycles. The molecule has 3 N–H and O–H groups in total. The van der Waals surface area contributed by atoms with Gasteiger partial charge in [0.1, 0.15) is 11.6 Å². The number of hydrogen-bond donors (Lipinski definition) is 2. The van der Waals surface area contributed by atoms with Crippen LogP contribution in [0.5, 0.6) is 0 Å². The normalized spacial score (nSPS) is 10.5. The lowest BCUT2D eigenvalue weighted by Crippen LogP contribution is -2.24. The lowest BCUT2D eigenvalue weighted by atomic mass is 10.2. The molecule has 3 heterocycles. The number of thiophene rings is 1. The number of nitrogens with zero attached hydrogens (tertiary/aromatic N) is 2. The van der Waals surface area contributed by atoms with E-state index in [4.69, 9.17) is 10.2 Å². The smallest absolute Gasteiger partial charge is 0.256 e. The van der Waals surface area contributed by atoms with Crippen molar-refractivity contribution in [2.75, 3.05) is 5.73 Å². The Kier molecular flexibility index (Phi) is 3.65. The van der Waals surface area contributed by atoms with Crippen LogP contribution in [-0.4, -0.2) is 15.9 Å². The molecule has 3 rings (SSSR count). The minimum Gasteiger partial charge on any atom is -0.467 e. The maximum Gasteiger partial charge on any atom is 0.256 e. The Morgan fingerprint density at radius 1 is 1.38 bits per heavy atom. The Labute approximate surface area is 124 Å². The first-order valence-electron chi connectivity index (χ1n) is 6.21. The van der Waals surface area contributed by atoms with E-state index in [9.17, 15) is 4.79 Å². The van der Waals surface area contributed by atoms with E-state index in [2.05, 4.69) is 15.3 Å². The summed E-state index contributed by atoms with van der Waals surface area (Å²) in [5.74, 6) is 1.01. The SMILES string of the molecule is Nc1nc(-c2cccs2)ncc1C(=O)NCc1ccco1. The van der Waals surface area contributed by atoms with Gasteiger partial charge in [0.25, 0.3) is 5.91 Å². The van der Waals surface area contributed by atoms with E-state index in [1.807, 2.05) is 17.5 Å². The third-order valence-corrected chi connectivity index (χ3v) is 3.67. The Hall–Kier alpha value is -2.67. The predicted molar refractivity (Wildman–Crippen MR) is 79.6 cm³/mol. The molecule has 0 spiro atoms. The number of furan rings is 1. The average Bonchev–Trinajstić information content (AvgIpc) is 3.18. The van der Waals surface area contributed by atoms with Crippen LogP contribution >= 0.6 is 11.3 Å². The molecule has 21 heavy (non-hydrogen) atoms. The highest BCUT2D eigenvalue weighted by Gasteiger charge is 2.13. The zero-order chi connectivity index (χ0) is 14.7. The summed E-state index contributed by atoms with van der Waals surface area (Å²) in [4.78, 5) is 21.3. The Morgan fingerprint density at radius 2 is 2.29 bits per heavy atom. The third-order valence-electron chi connectivity index (χ3n) is 2.81. The Morgan fingerprint density at radius 3 is 2.95 bits per heavy atom. The van der Waals surface area contributed by atoms with Crippen LogP contribution in [0.25, 0.3) is 10.7 Å². The van der Waals surface area contributed by atoms with Gasteiger partial charge in [0.05, 0.1) is 23.2 Å². The van der Waals surface area contributed by atoms with Crippen molar-refractivity contribution in [2.45, 2.75) is 6.54 Å². The number of nitrogens with one attached hydrogen (secondary N) is 1. The molecule has 0 atom stereocenters. The molecule has 0 fully saturated rings. The lowest BCUT2D eigenvalue weighted by Gasteiger charge is -2.06. The quantitative estimate of drug-likeness (QED) is 0.771. The minimum atomic E-state index is -0.332. The highest BCUT2D eigenvalue weighted by molar-refractivity contribution is 7.13. The molecule has 0 aliphatic heterocycles. The summed E-state index contributed by atoms with van der Waals surface area (Å²) in [6.07, 6.45) is 2.99. The summed E-state index contributed by atoms with van der Waals surface area (Å²) in [6, 6.07) is 7.34. The van der Waals surface area contributed by atoms with Crippen molar-refractivity contribution in [1.29, 1.82) is 0 Å². The van der Waals surface area contributed by atoms with E-state index < -0.39 is 0 Å². The zero-order valence-electron chi connectivity index (χ0n) is 10.9. The number of hydrogen-bond acceptors (Lipinski definition) is 6. The molecular weight excluding hydrogens is 288 g/mol. The number of carbonyl (C=O) groups excluding carboxylic acids is 1. The molecule has 0 aromatic carbocycles. The summed E-state index contributed by atoms with van der Waals surface area (Å²) in [7, 11) is 0. The van der Waals surface area contributed by atoms with Crippen molar-refractivity contribution in [3.8, 4) is 10.7 Å². The van der Waals surface area contributed by atoms with Gasteiger partial charge in [-0.2, -0.15) is 0 Å². The molecule has 7 heteroatoms. The van der Waals surface area contributed by atoms with Gasteiger partial charge in [0.15, 0.2) is 5.82 Å². The number of amides is 1. The second-order valence-corrected chi connectivity index (χ2v) is 5.18. The second kappa shape index (κ2) is 5.76. The first kappa shape index (κ1) is 13.3. The Balaban J connectivity index is 1.74. The number of aromatic nitrogens is 2. The van der Waals surface area contributed by atoms with Crippen LogP contribution in [0.4, 0.5) is 5.82 Å². The average molecular weight is 300 g/mol. The van der Waals surface area contributed by atoms with Crippen LogP contribution in [0.15, 0.2) is 46.5 Å². The van der Waals surface area contributed by atoms with Gasteiger partial charge in [-0.1, -0.05) is 6.07 Å². The van der Waals surface area contributed by atoms with Gasteiger partial charge in [0, 0.05) is 6.20 Å². The van der Waals surface area contributed by atoms with Crippen molar-refractivity contribution in [2.24, 2.45) is 0 Å². The van der Waals surface area contributed by atoms with Crippen LogP contribution in [0.2, 0.25) is 0 Å². The summed E-state index contributed by atoms with van der Waals surface area (Å²) in [6.45, 7) is 0.290. The molecule has 0 unspecified atom stereocenters. The first-order valence-corrected chi connectivity index (χ1v) is 7.09. The van der Waals surface area contributed by atoms with Crippen LogP contribution in [0.1, 0.15) is 16.1 Å². The predicted octanol–water partition coefficient (Wildman–Crippen LogP) is 2.31. The number of rotatable bonds is 4. The summed E-state index contributed by atoms with van der Waals surface area (Å²) < 4.78 is 5.14. The minimum absolute atomic E-state index is 0.158. The molecule has 0 saturated heterocycles. The van der Waals surface area contributed by atoms with Gasteiger partial charge >= 0.3 is 0 Å². The van der Waals surface area contributed by atoms with Crippen molar-refractivity contribution < 1.29 is 9.21 Å². The van der Waals surface area contributed by atoms with Gasteiger partial charge < -0.3 is 15.5 Å². The van der Waals surface area contributed by atoms with E-state index in [1.54, 1.807) is 18.4 Å². The van der Waals surface area contributed by atoms with Crippen LogP contribution in [-0.2, 0) is 6.54 Å². The maximum atomic E-state index is 12.0. The fourth-order valence-corrected chi connectivity index (χ4v) is 2.43. The molecule has 1 amide bonds. The van der Waals surface area contributed by atoms with Crippen LogP contribution < -0.4 is 11.1 Å². The highest BCUT2D eigenvalue weighted by Crippen LogP contribution is 2.22. The topological polar surface area (TPSA) is 94.0 Å². The lowest BCUT2D eigenvalue weighted by molar-refractivity contribution is 0.0948. The van der Waals surface area contributed by atoms with E-state index in [0.717, 1.165) is 4.88 Å². The molecule has 0 radical (unpaired) electrons. The van der Waals surface area contributed by atoms with Gasteiger partial charge in [-0.05, 0) is 23.6 Å². The van der Waals surface area contributed by atoms with Crippen molar-refractivity contribution in [3.05, 3.63) is 53.4 Å². The van der Waals surface area contributed by atoms with E-state index in [-0.39, 0.29) is 23.8 Å². The van der Waals surface area contributed by atoms with Crippen LogP contribution in [0.3, 0.4) is 0 Å². The third kappa shape index (κ3) is 2.92. The monoisotopic (exact) mass is 300 g/mol. The summed E-state index contributed by atoms with van der Waals surface area (Å²) >= 11 is 1.51. The molecule has 6 nitrogen and oxygen atoms in total. The fourth-order valence-electron chi connectivity index (χ4n) is 1.77. The van der Waals surface area contributed by atoms with E-state index >= 15 is 0 Å². The van der Waals surface area contributed by atoms with Crippen LogP contribution in [0, 0.1) is 0 Å². The number of anilines is 1. The zero-order valence-corrected chi connectivity index (χ0v) is 11.8. The van der Waals surface area contributed by atoms with Crippen molar-refractivity contribution >= 4 is 23.1 Å². The largest absolute Gasteiger partial charge is 0.467 e. The van der Waals surface area contributed by atoms with Gasteiger partial charge in [-0.3, -0.25) is 4.79 Å². The van der Waals surface area contributed by atoms with E-state index in [0.29, 0.717) is 11.6 Å². The van der Waals surface area contributed by atoms with Crippen molar-refractivity contribution in [1.82, 2.24) is 15.3 Å². The molecule has 3 aromatic rings. The number of carbonyl (C=O) groups is 1. The van der Waals surface area contributed by atoms with Gasteiger partial charge in [-0.15, -0.1) is 11.3 Å². The molecular formula is C14H12N4O2S. The molecule has 0 bridgehead atoms. The molecule has 0 aliphatic carbocycles. The summed E-state index contributed by atoms with van der Waals surface area (Å²) in [5, 5.41) is 4.64. The molecule has 106 valence electrons. The van der Waals surface area contributed by atoms with Crippen molar-refractivity contribution in [3.63, 3.8) is 0 Å². The molecule has 3 aromatic heterocycles. The fraction of sp³-hybridized carbons (Fsp3) is 0.0714. The molecule has 0 aliphatic rings. The maximum absolute atomic E-state index is 12.0.